The van der Waals surface area contributed by atoms with Gasteiger partial charge < -0.3 is 4.57 Å². The second-order valence-electron chi connectivity index (χ2n) is 13.0. The van der Waals surface area contributed by atoms with Gasteiger partial charge in [-0.25, -0.2) is 0 Å². The highest BCUT2D eigenvalue weighted by Crippen LogP contribution is 2.45. The molecule has 0 amide bonds. The lowest BCUT2D eigenvalue weighted by molar-refractivity contribution is 1.19. The quantitative estimate of drug-likeness (QED) is 0.176. The molecule has 0 N–H and O–H groups in total. The molecule has 9 aromatic carbocycles. The van der Waals surface area contributed by atoms with E-state index in [4.69, 9.17) is 0 Å². The van der Waals surface area contributed by atoms with E-state index in [1.807, 2.05) is 0 Å². The van der Waals surface area contributed by atoms with Crippen LogP contribution < -0.4 is 0 Å². The van der Waals surface area contributed by atoms with Crippen molar-refractivity contribution in [3.05, 3.63) is 175 Å². The van der Waals surface area contributed by atoms with Gasteiger partial charge in [0.25, 0.3) is 0 Å². The first-order valence-electron chi connectivity index (χ1n) is 16.7. The first-order valence-corrected chi connectivity index (χ1v) is 16.7. The number of hydrogen-bond donors (Lipinski definition) is 0. The zero-order valence-electron chi connectivity index (χ0n) is 26.6. The van der Waals surface area contributed by atoms with Crippen LogP contribution in [0.2, 0.25) is 0 Å². The Morgan fingerprint density at radius 1 is 0.333 bits per heavy atom. The van der Waals surface area contributed by atoms with E-state index in [0.29, 0.717) is 0 Å². The van der Waals surface area contributed by atoms with Gasteiger partial charge in [-0.05, 0) is 79.7 Å². The number of hydrogen-bond acceptors (Lipinski definition) is 0. The van der Waals surface area contributed by atoms with Gasteiger partial charge in [-0.1, -0.05) is 157 Å². The summed E-state index contributed by atoms with van der Waals surface area (Å²) in [5, 5.41) is 12.7. The molecule has 1 heterocycles. The second-order valence-corrected chi connectivity index (χ2v) is 13.0. The lowest BCUT2D eigenvalue weighted by atomic mass is 9.86. The van der Waals surface area contributed by atoms with E-state index in [2.05, 4.69) is 181 Å². The van der Waals surface area contributed by atoms with Crippen LogP contribution in [0.4, 0.5) is 0 Å². The van der Waals surface area contributed by atoms with E-state index in [9.17, 15) is 0 Å². The molecule has 0 radical (unpaired) electrons. The standard InChI is InChI=1S/C47H31N/c1-30-22-23-32-25-27-42-41-26-24-31-12-5-6-17-36(31)46(41)48(47(42)43(32)28-30)35-16-11-15-34(29-35)45-39-20-9-7-18-37(39)44(33-13-3-2-4-14-33)38-19-8-10-21-40(38)45/h2-29H,1H3. The zero-order valence-corrected chi connectivity index (χ0v) is 26.6. The molecule has 0 aliphatic heterocycles. The Balaban J connectivity index is 1.34. The summed E-state index contributed by atoms with van der Waals surface area (Å²) in [5.41, 5.74) is 9.96. The largest absolute Gasteiger partial charge is 0.308 e. The van der Waals surface area contributed by atoms with E-state index in [0.717, 1.165) is 5.69 Å². The van der Waals surface area contributed by atoms with Crippen LogP contribution >= 0.6 is 0 Å². The van der Waals surface area contributed by atoms with E-state index in [1.54, 1.807) is 0 Å². The van der Waals surface area contributed by atoms with Gasteiger partial charge in [-0.3, -0.25) is 0 Å². The Bertz CT molecular complexity index is 2830. The predicted molar refractivity (Wildman–Crippen MR) is 206 cm³/mol. The fraction of sp³-hybridized carbons (Fsp3) is 0.0213. The van der Waals surface area contributed by atoms with Crippen molar-refractivity contribution in [3.8, 4) is 27.9 Å². The van der Waals surface area contributed by atoms with Gasteiger partial charge in [0, 0.05) is 27.2 Å². The highest BCUT2D eigenvalue weighted by molar-refractivity contribution is 6.24. The minimum atomic E-state index is 1.16. The van der Waals surface area contributed by atoms with Crippen molar-refractivity contribution in [2.75, 3.05) is 0 Å². The third-order valence-electron chi connectivity index (χ3n) is 10.2. The maximum absolute atomic E-state index is 2.53. The Hall–Kier alpha value is -6.18. The Morgan fingerprint density at radius 3 is 1.50 bits per heavy atom. The summed E-state index contributed by atoms with van der Waals surface area (Å²) in [6.07, 6.45) is 0. The van der Waals surface area contributed by atoms with Crippen LogP contribution in [0.25, 0.3) is 92.8 Å². The molecule has 0 aliphatic rings. The van der Waals surface area contributed by atoms with E-state index < -0.39 is 0 Å². The van der Waals surface area contributed by atoms with Crippen molar-refractivity contribution in [1.82, 2.24) is 4.57 Å². The van der Waals surface area contributed by atoms with Gasteiger partial charge in [0.15, 0.2) is 0 Å². The van der Waals surface area contributed by atoms with Crippen molar-refractivity contribution in [2.24, 2.45) is 0 Å². The number of nitrogens with zero attached hydrogens (tertiary/aromatic N) is 1. The molecule has 0 bridgehead atoms. The molecule has 0 aliphatic carbocycles. The number of fused-ring (bicyclic) bond motifs is 9. The average molecular weight is 610 g/mol. The normalized spacial score (nSPS) is 11.9. The molecule has 0 saturated heterocycles. The van der Waals surface area contributed by atoms with Crippen molar-refractivity contribution in [2.45, 2.75) is 6.92 Å². The Labute approximate surface area is 278 Å². The van der Waals surface area contributed by atoms with Crippen LogP contribution in [0.3, 0.4) is 0 Å². The third-order valence-corrected chi connectivity index (χ3v) is 10.2. The molecule has 10 rings (SSSR count). The zero-order chi connectivity index (χ0) is 31.8. The van der Waals surface area contributed by atoms with Gasteiger partial charge in [0.1, 0.15) is 0 Å². The van der Waals surface area contributed by atoms with E-state index in [1.165, 1.54) is 92.7 Å². The molecule has 0 unspecified atom stereocenters. The minimum absolute atomic E-state index is 1.16. The topological polar surface area (TPSA) is 4.93 Å². The smallest absolute Gasteiger partial charge is 0.0619 e. The number of rotatable bonds is 3. The third kappa shape index (κ3) is 3.91. The summed E-state index contributed by atoms with van der Waals surface area (Å²) in [6, 6.07) is 62.6. The fourth-order valence-corrected chi connectivity index (χ4v) is 8.12. The Kier molecular flexibility index (Phi) is 5.86. The number of aromatic nitrogens is 1. The SMILES string of the molecule is Cc1ccc2ccc3c4ccc5ccccc5c4n(-c4cccc(-c5c6ccccc6c(-c6ccccc6)c6ccccc56)c4)c3c2c1. The molecule has 0 saturated carbocycles. The molecule has 0 spiro atoms. The molecule has 0 atom stereocenters. The maximum atomic E-state index is 2.53. The van der Waals surface area contributed by atoms with E-state index in [-0.39, 0.29) is 0 Å². The molecule has 10 aromatic rings. The van der Waals surface area contributed by atoms with Crippen molar-refractivity contribution >= 4 is 64.9 Å². The van der Waals surface area contributed by atoms with Gasteiger partial charge in [0.2, 0.25) is 0 Å². The van der Waals surface area contributed by atoms with Crippen LogP contribution in [-0.2, 0) is 0 Å². The molecule has 48 heavy (non-hydrogen) atoms. The monoisotopic (exact) mass is 609 g/mol. The summed E-state index contributed by atoms with van der Waals surface area (Å²) in [4.78, 5) is 0. The predicted octanol–water partition coefficient (Wildman–Crippen LogP) is 13.0. The number of aryl methyl sites for hydroxylation is 1. The lowest BCUT2D eigenvalue weighted by Gasteiger charge is -2.18. The summed E-state index contributed by atoms with van der Waals surface area (Å²) < 4.78 is 2.53. The minimum Gasteiger partial charge on any atom is -0.308 e. The second kappa shape index (κ2) is 10.4. The van der Waals surface area contributed by atoms with E-state index >= 15 is 0 Å². The van der Waals surface area contributed by atoms with Crippen LogP contribution in [0.15, 0.2) is 170 Å². The molecule has 224 valence electrons. The van der Waals surface area contributed by atoms with Crippen molar-refractivity contribution < 1.29 is 0 Å². The van der Waals surface area contributed by atoms with Crippen LogP contribution in [0.1, 0.15) is 5.56 Å². The van der Waals surface area contributed by atoms with Crippen molar-refractivity contribution in [1.29, 1.82) is 0 Å². The summed E-state index contributed by atoms with van der Waals surface area (Å²) in [6.45, 7) is 2.19. The lowest BCUT2D eigenvalue weighted by Crippen LogP contribution is -1.97. The highest BCUT2D eigenvalue weighted by atomic mass is 15.0. The molecule has 1 nitrogen and oxygen atoms in total. The fourth-order valence-electron chi connectivity index (χ4n) is 8.12. The van der Waals surface area contributed by atoms with Gasteiger partial charge in [0.05, 0.1) is 11.0 Å². The Morgan fingerprint density at radius 2 is 0.833 bits per heavy atom. The molecule has 0 fully saturated rings. The first-order chi connectivity index (χ1) is 23.7. The van der Waals surface area contributed by atoms with Gasteiger partial charge in [-0.2, -0.15) is 0 Å². The van der Waals surface area contributed by atoms with Crippen LogP contribution in [0, 0.1) is 6.92 Å². The summed E-state index contributed by atoms with van der Waals surface area (Å²) in [7, 11) is 0. The first kappa shape index (κ1) is 27.0. The average Bonchev–Trinajstić information content (AvgIpc) is 3.50. The molecular formula is C47H31N. The molecular weight excluding hydrogens is 579 g/mol. The van der Waals surface area contributed by atoms with Gasteiger partial charge in [-0.15, -0.1) is 0 Å². The van der Waals surface area contributed by atoms with Crippen LogP contribution in [0.5, 0.6) is 0 Å². The number of benzene rings is 9. The van der Waals surface area contributed by atoms with Crippen molar-refractivity contribution in [3.63, 3.8) is 0 Å². The highest BCUT2D eigenvalue weighted by Gasteiger charge is 2.20. The molecule has 1 heteroatoms. The maximum Gasteiger partial charge on any atom is 0.0619 e. The molecule has 1 aromatic heterocycles. The summed E-state index contributed by atoms with van der Waals surface area (Å²) >= 11 is 0. The summed E-state index contributed by atoms with van der Waals surface area (Å²) in [5.74, 6) is 0. The van der Waals surface area contributed by atoms with Gasteiger partial charge >= 0.3 is 0 Å². The van der Waals surface area contributed by atoms with Crippen LogP contribution in [-0.4, -0.2) is 4.57 Å².